The molecule has 2 aliphatic rings. The number of carbonyl (C=O) groups excluding carboxylic acids is 1. The average Bonchev–Trinajstić information content (AvgIpc) is 2.85. The molecule has 4 unspecified atom stereocenters. The van der Waals surface area contributed by atoms with Crippen LogP contribution in [0.25, 0.3) is 0 Å². The van der Waals surface area contributed by atoms with Crippen molar-refractivity contribution in [1.29, 1.82) is 0 Å². The summed E-state index contributed by atoms with van der Waals surface area (Å²) in [6.45, 7) is 5.32. The Balaban J connectivity index is 1.89. The number of amides is 1. The predicted octanol–water partition coefficient (Wildman–Crippen LogP) is -0.358. The van der Waals surface area contributed by atoms with Crippen molar-refractivity contribution in [3.8, 4) is 0 Å². The van der Waals surface area contributed by atoms with Crippen LogP contribution in [0.4, 0.5) is 0 Å². The zero-order chi connectivity index (χ0) is 15.0. The van der Waals surface area contributed by atoms with Crippen LogP contribution in [0.1, 0.15) is 26.7 Å². The van der Waals surface area contributed by atoms with Gasteiger partial charge in [-0.15, -0.1) is 0 Å². The summed E-state index contributed by atoms with van der Waals surface area (Å²) in [7, 11) is 1.54. The van der Waals surface area contributed by atoms with Crippen LogP contribution in [0.5, 0.6) is 0 Å². The molecule has 2 fully saturated rings. The highest BCUT2D eigenvalue weighted by atomic mass is 16.5. The Morgan fingerprint density at radius 3 is 2.95 bits per heavy atom. The Bertz CT molecular complexity index is 374. The van der Waals surface area contributed by atoms with Crippen LogP contribution in [-0.4, -0.2) is 55.6 Å². The second kappa shape index (κ2) is 5.60. The first kappa shape index (κ1) is 15.7. The van der Waals surface area contributed by atoms with Crippen LogP contribution in [0, 0.1) is 11.3 Å². The molecule has 0 radical (unpaired) electrons. The third-order valence-corrected chi connectivity index (χ3v) is 4.95. The highest BCUT2D eigenvalue weighted by molar-refractivity contribution is 5.89. The molecule has 1 saturated heterocycles. The van der Waals surface area contributed by atoms with Crippen molar-refractivity contribution in [2.75, 3.05) is 26.9 Å². The van der Waals surface area contributed by atoms with E-state index in [1.54, 1.807) is 0 Å². The second-order valence-corrected chi connectivity index (χ2v) is 6.43. The van der Waals surface area contributed by atoms with E-state index in [0.29, 0.717) is 19.6 Å². The molecule has 0 aromatic rings. The average molecular weight is 286 g/mol. The van der Waals surface area contributed by atoms with Crippen LogP contribution < -0.4 is 11.1 Å². The van der Waals surface area contributed by atoms with Gasteiger partial charge in [0.05, 0.1) is 18.8 Å². The van der Waals surface area contributed by atoms with Gasteiger partial charge in [0.25, 0.3) is 0 Å². The fourth-order valence-corrected chi connectivity index (χ4v) is 3.62. The van der Waals surface area contributed by atoms with E-state index in [9.17, 15) is 9.90 Å². The molecule has 6 heteroatoms. The third kappa shape index (κ3) is 2.24. The highest BCUT2D eigenvalue weighted by Crippen LogP contribution is 2.58. The second-order valence-electron chi connectivity index (χ2n) is 6.43. The van der Waals surface area contributed by atoms with Crippen molar-refractivity contribution < 1.29 is 19.4 Å². The molecule has 1 saturated carbocycles. The van der Waals surface area contributed by atoms with Gasteiger partial charge in [0.2, 0.25) is 5.91 Å². The lowest BCUT2D eigenvalue weighted by molar-refractivity contribution is -0.175. The molecule has 0 spiro atoms. The normalized spacial score (nSPS) is 36.0. The molecular weight excluding hydrogens is 260 g/mol. The topological polar surface area (TPSA) is 93.8 Å². The molecule has 4 N–H and O–H groups in total. The number of methoxy groups -OCH3 is 1. The largest absolute Gasteiger partial charge is 0.391 e. The van der Waals surface area contributed by atoms with E-state index in [-0.39, 0.29) is 30.0 Å². The number of nitrogens with one attached hydrogen (secondary N) is 1. The minimum absolute atomic E-state index is 0.0809. The first-order valence-corrected chi connectivity index (χ1v) is 7.21. The Labute approximate surface area is 120 Å². The molecule has 2 rings (SSSR count). The number of hydrogen-bond acceptors (Lipinski definition) is 5. The zero-order valence-electron chi connectivity index (χ0n) is 12.5. The SMILES string of the molecule is COCC(O)CCNC(=O)C1(N)C2CCOC2C1(C)C. The van der Waals surface area contributed by atoms with Gasteiger partial charge in [-0.25, -0.2) is 0 Å². The van der Waals surface area contributed by atoms with Crippen LogP contribution in [0.3, 0.4) is 0 Å². The van der Waals surface area contributed by atoms with Gasteiger partial charge in [-0.05, 0) is 12.8 Å². The number of aliphatic hydroxyl groups excluding tert-OH is 1. The summed E-state index contributed by atoms with van der Waals surface area (Å²) >= 11 is 0. The summed E-state index contributed by atoms with van der Waals surface area (Å²) in [5.74, 6) is -0.0414. The summed E-state index contributed by atoms with van der Waals surface area (Å²) in [6, 6.07) is 0. The molecule has 1 heterocycles. The van der Waals surface area contributed by atoms with E-state index >= 15 is 0 Å². The van der Waals surface area contributed by atoms with Crippen LogP contribution in [0.2, 0.25) is 0 Å². The van der Waals surface area contributed by atoms with Gasteiger partial charge in [-0.1, -0.05) is 13.8 Å². The predicted molar refractivity (Wildman–Crippen MR) is 74.1 cm³/mol. The van der Waals surface area contributed by atoms with E-state index in [2.05, 4.69) is 5.32 Å². The smallest absolute Gasteiger partial charge is 0.241 e. The van der Waals surface area contributed by atoms with Gasteiger partial charge < -0.3 is 25.6 Å². The van der Waals surface area contributed by atoms with Crippen molar-refractivity contribution in [3.63, 3.8) is 0 Å². The standard InChI is InChI=1S/C14H26N2O4/c1-13(2)11-10(5-7-20-11)14(13,15)12(18)16-6-4-9(17)8-19-3/h9-11,17H,4-8,15H2,1-3H3,(H,16,18). The van der Waals surface area contributed by atoms with Crippen molar-refractivity contribution in [1.82, 2.24) is 5.32 Å². The summed E-state index contributed by atoms with van der Waals surface area (Å²) in [4.78, 5) is 12.4. The van der Waals surface area contributed by atoms with Gasteiger partial charge in [0.1, 0.15) is 5.54 Å². The van der Waals surface area contributed by atoms with Crippen molar-refractivity contribution in [3.05, 3.63) is 0 Å². The first-order valence-electron chi connectivity index (χ1n) is 7.21. The molecule has 1 aliphatic carbocycles. The molecular formula is C14H26N2O4. The molecule has 4 atom stereocenters. The van der Waals surface area contributed by atoms with Crippen molar-refractivity contribution in [2.24, 2.45) is 17.1 Å². The molecule has 116 valence electrons. The van der Waals surface area contributed by atoms with E-state index in [1.807, 2.05) is 13.8 Å². The maximum atomic E-state index is 12.4. The minimum Gasteiger partial charge on any atom is -0.391 e. The van der Waals surface area contributed by atoms with Crippen molar-refractivity contribution >= 4 is 5.91 Å². The van der Waals surface area contributed by atoms with Gasteiger partial charge in [-0.2, -0.15) is 0 Å². The third-order valence-electron chi connectivity index (χ3n) is 4.95. The molecule has 20 heavy (non-hydrogen) atoms. The maximum absolute atomic E-state index is 12.4. The highest BCUT2D eigenvalue weighted by Gasteiger charge is 2.71. The van der Waals surface area contributed by atoms with E-state index in [0.717, 1.165) is 6.42 Å². The van der Waals surface area contributed by atoms with Gasteiger partial charge >= 0.3 is 0 Å². The number of nitrogens with two attached hydrogens (primary N) is 1. The maximum Gasteiger partial charge on any atom is 0.241 e. The van der Waals surface area contributed by atoms with Crippen LogP contribution in [0.15, 0.2) is 0 Å². The Hall–Kier alpha value is -0.690. The molecule has 6 nitrogen and oxygen atoms in total. The first-order chi connectivity index (χ1) is 9.35. The monoisotopic (exact) mass is 286 g/mol. The van der Waals surface area contributed by atoms with Crippen LogP contribution in [-0.2, 0) is 14.3 Å². The number of aliphatic hydroxyl groups is 1. The van der Waals surface area contributed by atoms with Crippen LogP contribution >= 0.6 is 0 Å². The fourth-order valence-electron chi connectivity index (χ4n) is 3.62. The summed E-state index contributed by atoms with van der Waals surface area (Å²) < 4.78 is 10.5. The lowest BCUT2D eigenvalue weighted by atomic mass is 9.48. The minimum atomic E-state index is -0.875. The quantitative estimate of drug-likeness (QED) is 0.620. The Morgan fingerprint density at radius 1 is 1.60 bits per heavy atom. The van der Waals surface area contributed by atoms with Crippen molar-refractivity contribution in [2.45, 2.75) is 44.4 Å². The number of carbonyl (C=O) groups is 1. The number of rotatable bonds is 6. The Kier molecular flexibility index (Phi) is 4.39. The molecule has 1 amide bonds. The summed E-state index contributed by atoms with van der Waals surface area (Å²) in [6.07, 6.45) is 0.814. The number of hydrogen-bond donors (Lipinski definition) is 3. The number of fused-ring (bicyclic) bond motifs is 1. The van der Waals surface area contributed by atoms with E-state index < -0.39 is 11.6 Å². The molecule has 0 aromatic heterocycles. The van der Waals surface area contributed by atoms with Gasteiger partial charge in [0, 0.05) is 31.6 Å². The lowest BCUT2D eigenvalue weighted by Gasteiger charge is -2.60. The van der Waals surface area contributed by atoms with Gasteiger partial charge in [0.15, 0.2) is 0 Å². The summed E-state index contributed by atoms with van der Waals surface area (Å²) in [5.41, 5.74) is 5.17. The van der Waals surface area contributed by atoms with Gasteiger partial charge in [-0.3, -0.25) is 4.79 Å². The molecule has 1 aliphatic heterocycles. The lowest BCUT2D eigenvalue weighted by Crippen LogP contribution is -2.80. The fraction of sp³-hybridized carbons (Fsp3) is 0.929. The molecule has 0 aromatic carbocycles. The zero-order valence-corrected chi connectivity index (χ0v) is 12.5. The van der Waals surface area contributed by atoms with E-state index in [4.69, 9.17) is 15.2 Å². The molecule has 0 bridgehead atoms. The number of ether oxygens (including phenoxy) is 2. The Morgan fingerprint density at radius 2 is 2.30 bits per heavy atom. The van der Waals surface area contributed by atoms with E-state index in [1.165, 1.54) is 7.11 Å². The summed E-state index contributed by atoms with van der Waals surface area (Å²) in [5, 5.41) is 12.4.